The van der Waals surface area contributed by atoms with Gasteiger partial charge in [-0.25, -0.2) is 0 Å². The highest BCUT2D eigenvalue weighted by Crippen LogP contribution is 2.45. The summed E-state index contributed by atoms with van der Waals surface area (Å²) in [6.07, 6.45) is 2.16. The van der Waals surface area contributed by atoms with Gasteiger partial charge in [0.05, 0.1) is 31.1 Å². The highest BCUT2D eigenvalue weighted by Gasteiger charge is 2.37. The van der Waals surface area contributed by atoms with E-state index in [0.717, 1.165) is 58.1 Å². The van der Waals surface area contributed by atoms with Crippen LogP contribution in [0.15, 0.2) is 84.1 Å². The molecule has 1 aliphatic carbocycles. The number of methoxy groups -OCH3 is 1. The fourth-order valence-electron chi connectivity index (χ4n) is 4.90. The normalized spacial score (nSPS) is 19.3. The van der Waals surface area contributed by atoms with E-state index in [4.69, 9.17) is 9.47 Å². The molecule has 34 heavy (non-hydrogen) atoms. The Labute approximate surface area is 200 Å². The third-order valence-corrected chi connectivity index (χ3v) is 6.59. The summed E-state index contributed by atoms with van der Waals surface area (Å²) in [7, 11) is 1.67. The predicted molar refractivity (Wildman–Crippen MR) is 136 cm³/mol. The Morgan fingerprint density at radius 1 is 0.912 bits per heavy atom. The third-order valence-electron chi connectivity index (χ3n) is 6.59. The molecule has 2 aliphatic rings. The van der Waals surface area contributed by atoms with Crippen LogP contribution in [0.25, 0.3) is 0 Å². The van der Waals surface area contributed by atoms with Crippen molar-refractivity contribution in [3.8, 4) is 11.5 Å². The van der Waals surface area contributed by atoms with Gasteiger partial charge in [0.2, 0.25) is 0 Å². The van der Waals surface area contributed by atoms with Crippen LogP contribution in [0.3, 0.4) is 0 Å². The van der Waals surface area contributed by atoms with Crippen LogP contribution >= 0.6 is 0 Å². The van der Waals surface area contributed by atoms with Crippen molar-refractivity contribution in [1.29, 1.82) is 0 Å². The Morgan fingerprint density at radius 3 is 2.41 bits per heavy atom. The molecule has 174 valence electrons. The van der Waals surface area contributed by atoms with E-state index in [1.54, 1.807) is 7.11 Å². The van der Waals surface area contributed by atoms with Crippen LogP contribution in [0.5, 0.6) is 11.5 Å². The molecular weight excluding hydrogens is 424 g/mol. The lowest BCUT2D eigenvalue weighted by molar-refractivity contribution is -0.116. The second-order valence-corrected chi connectivity index (χ2v) is 8.83. The van der Waals surface area contributed by atoms with Gasteiger partial charge in [-0.3, -0.25) is 4.79 Å². The number of hydrogen-bond donors (Lipinski definition) is 2. The molecular formula is C29H30N2O3. The van der Waals surface area contributed by atoms with E-state index in [0.29, 0.717) is 13.0 Å². The lowest BCUT2D eigenvalue weighted by Crippen LogP contribution is -2.27. The third kappa shape index (κ3) is 4.26. The van der Waals surface area contributed by atoms with Crippen molar-refractivity contribution in [1.82, 2.24) is 0 Å². The zero-order valence-corrected chi connectivity index (χ0v) is 19.6. The maximum absolute atomic E-state index is 13.7. The van der Waals surface area contributed by atoms with Crippen molar-refractivity contribution in [3.63, 3.8) is 0 Å². The molecule has 3 aromatic carbocycles. The Morgan fingerprint density at radius 2 is 1.65 bits per heavy atom. The first kappa shape index (κ1) is 22.1. The fraction of sp³-hybridized carbons (Fsp3) is 0.276. The molecule has 0 spiro atoms. The SMILES string of the molecule is CCCOc1ccccc1[C@H]1Nc2ccccc2NC2=C1C(=O)C[C@@H](c1ccc(OC)cc1)C2. The van der Waals surface area contributed by atoms with E-state index in [1.807, 2.05) is 42.5 Å². The number of carbonyl (C=O) groups is 1. The highest BCUT2D eigenvalue weighted by atomic mass is 16.5. The molecule has 1 heterocycles. The topological polar surface area (TPSA) is 59.6 Å². The van der Waals surface area contributed by atoms with Gasteiger partial charge >= 0.3 is 0 Å². The molecule has 0 saturated heterocycles. The first-order valence-corrected chi connectivity index (χ1v) is 11.9. The number of para-hydroxylation sites is 3. The quantitative estimate of drug-likeness (QED) is 0.447. The number of hydrogen-bond acceptors (Lipinski definition) is 5. The molecule has 0 aromatic heterocycles. The summed E-state index contributed by atoms with van der Waals surface area (Å²) in [6, 6.07) is 23.9. The lowest BCUT2D eigenvalue weighted by atomic mass is 9.78. The second kappa shape index (κ2) is 9.64. The van der Waals surface area contributed by atoms with Crippen molar-refractivity contribution in [3.05, 3.63) is 95.2 Å². The van der Waals surface area contributed by atoms with Crippen LogP contribution in [0.1, 0.15) is 49.3 Å². The fourth-order valence-corrected chi connectivity index (χ4v) is 4.90. The van der Waals surface area contributed by atoms with E-state index in [9.17, 15) is 4.79 Å². The van der Waals surface area contributed by atoms with E-state index in [1.165, 1.54) is 0 Å². The van der Waals surface area contributed by atoms with E-state index in [2.05, 4.69) is 47.9 Å². The van der Waals surface area contributed by atoms with Gasteiger partial charge in [-0.15, -0.1) is 0 Å². The van der Waals surface area contributed by atoms with Crippen molar-refractivity contribution >= 4 is 17.2 Å². The van der Waals surface area contributed by atoms with Crippen LogP contribution in [-0.2, 0) is 4.79 Å². The summed E-state index contributed by atoms with van der Waals surface area (Å²) < 4.78 is 11.4. The molecule has 0 radical (unpaired) electrons. The Bertz CT molecular complexity index is 1220. The molecule has 0 saturated carbocycles. The number of ether oxygens (including phenoxy) is 2. The number of Topliss-reactive ketones (excluding diaryl/α,β-unsaturated/α-hetero) is 1. The summed E-state index contributed by atoms with van der Waals surface area (Å²) in [6.45, 7) is 2.73. The number of allylic oxidation sites excluding steroid dienone is 1. The molecule has 5 rings (SSSR count). The van der Waals surface area contributed by atoms with Crippen molar-refractivity contribution in [2.24, 2.45) is 0 Å². The molecule has 1 aliphatic heterocycles. The summed E-state index contributed by atoms with van der Waals surface area (Å²) in [4.78, 5) is 13.7. The number of nitrogens with one attached hydrogen (secondary N) is 2. The largest absolute Gasteiger partial charge is 0.497 e. The molecule has 3 aromatic rings. The van der Waals surface area contributed by atoms with Gasteiger partial charge in [0, 0.05) is 23.3 Å². The minimum absolute atomic E-state index is 0.113. The van der Waals surface area contributed by atoms with Crippen LogP contribution in [0.2, 0.25) is 0 Å². The zero-order chi connectivity index (χ0) is 23.5. The standard InChI is InChI=1S/C29H30N2O3/c1-3-16-34-27-11-7-4-8-22(27)29-28-25(30-23-9-5-6-10-24(23)31-29)17-20(18-26(28)32)19-12-14-21(33-2)15-13-19/h4-15,20,29-31H,3,16-18H2,1-2H3/t20-,29+/m0/s1. The monoisotopic (exact) mass is 454 g/mol. The highest BCUT2D eigenvalue weighted by molar-refractivity contribution is 6.01. The number of rotatable bonds is 6. The average molecular weight is 455 g/mol. The molecule has 2 N–H and O–H groups in total. The van der Waals surface area contributed by atoms with Crippen molar-refractivity contribution in [2.45, 2.75) is 38.1 Å². The van der Waals surface area contributed by atoms with Gasteiger partial charge in [0.1, 0.15) is 11.5 Å². The predicted octanol–water partition coefficient (Wildman–Crippen LogP) is 6.46. The zero-order valence-electron chi connectivity index (χ0n) is 19.6. The molecule has 0 amide bonds. The van der Waals surface area contributed by atoms with E-state index < -0.39 is 0 Å². The van der Waals surface area contributed by atoms with Crippen LogP contribution in [0, 0.1) is 0 Å². The number of ketones is 1. The van der Waals surface area contributed by atoms with E-state index >= 15 is 0 Å². The number of benzene rings is 3. The number of anilines is 2. The number of fused-ring (bicyclic) bond motifs is 1. The van der Waals surface area contributed by atoms with Crippen LogP contribution < -0.4 is 20.1 Å². The van der Waals surface area contributed by atoms with Gasteiger partial charge in [-0.05, 0) is 54.7 Å². The first-order chi connectivity index (χ1) is 16.7. The Balaban J connectivity index is 1.58. The van der Waals surface area contributed by atoms with Gasteiger partial charge in [-0.1, -0.05) is 49.4 Å². The molecule has 0 bridgehead atoms. The van der Waals surface area contributed by atoms with Gasteiger partial charge < -0.3 is 20.1 Å². The van der Waals surface area contributed by atoms with Gasteiger partial charge in [0.25, 0.3) is 0 Å². The van der Waals surface area contributed by atoms with Crippen LogP contribution in [0.4, 0.5) is 11.4 Å². The van der Waals surface area contributed by atoms with Gasteiger partial charge in [-0.2, -0.15) is 0 Å². The first-order valence-electron chi connectivity index (χ1n) is 11.9. The lowest BCUT2D eigenvalue weighted by Gasteiger charge is -2.30. The molecule has 5 nitrogen and oxygen atoms in total. The molecule has 2 atom stereocenters. The van der Waals surface area contributed by atoms with Crippen LogP contribution in [-0.4, -0.2) is 19.5 Å². The average Bonchev–Trinajstić information content (AvgIpc) is 3.04. The summed E-state index contributed by atoms with van der Waals surface area (Å²) >= 11 is 0. The molecule has 0 fully saturated rings. The number of carbonyl (C=O) groups excluding carboxylic acids is 1. The summed E-state index contributed by atoms with van der Waals surface area (Å²) in [5, 5.41) is 7.26. The van der Waals surface area contributed by atoms with E-state index in [-0.39, 0.29) is 17.7 Å². The summed E-state index contributed by atoms with van der Waals surface area (Å²) in [5.41, 5.74) is 5.86. The minimum Gasteiger partial charge on any atom is -0.497 e. The maximum atomic E-state index is 13.7. The smallest absolute Gasteiger partial charge is 0.163 e. The van der Waals surface area contributed by atoms with Crippen molar-refractivity contribution < 1.29 is 14.3 Å². The Hall–Kier alpha value is -3.73. The Kier molecular flexibility index (Phi) is 6.26. The second-order valence-electron chi connectivity index (χ2n) is 8.83. The molecule has 5 heteroatoms. The summed E-state index contributed by atoms with van der Waals surface area (Å²) in [5.74, 6) is 1.91. The molecule has 0 unspecified atom stereocenters. The maximum Gasteiger partial charge on any atom is 0.163 e. The van der Waals surface area contributed by atoms with Gasteiger partial charge in [0.15, 0.2) is 5.78 Å². The van der Waals surface area contributed by atoms with Crippen molar-refractivity contribution in [2.75, 3.05) is 24.4 Å². The minimum atomic E-state index is -0.288.